The van der Waals surface area contributed by atoms with Gasteiger partial charge in [-0.1, -0.05) is 6.92 Å². The van der Waals surface area contributed by atoms with Gasteiger partial charge in [-0.15, -0.1) is 0 Å². The Kier molecular flexibility index (Phi) is 5.59. The SMILES string of the molecule is COC(=O)C1CN(CC(=O)NCCC#N)CC1C. The van der Waals surface area contributed by atoms with Crippen LogP contribution in [0.4, 0.5) is 0 Å². The van der Waals surface area contributed by atoms with Crippen molar-refractivity contribution < 1.29 is 14.3 Å². The summed E-state index contributed by atoms with van der Waals surface area (Å²) in [7, 11) is 1.38. The molecule has 0 spiro atoms. The second-order valence-electron chi connectivity index (χ2n) is 4.56. The average molecular weight is 253 g/mol. The maximum atomic E-state index is 11.5. The lowest BCUT2D eigenvalue weighted by atomic mass is 9.99. The highest BCUT2D eigenvalue weighted by atomic mass is 16.5. The molecule has 1 saturated heterocycles. The van der Waals surface area contributed by atoms with E-state index in [-0.39, 0.29) is 30.3 Å². The van der Waals surface area contributed by atoms with Crippen molar-refractivity contribution in [3.8, 4) is 6.07 Å². The van der Waals surface area contributed by atoms with E-state index in [1.165, 1.54) is 7.11 Å². The Hall–Kier alpha value is -1.61. The van der Waals surface area contributed by atoms with Crippen LogP contribution in [-0.2, 0) is 14.3 Å². The number of carbonyl (C=O) groups excluding carboxylic acids is 2. The van der Waals surface area contributed by atoms with Crippen LogP contribution in [0.3, 0.4) is 0 Å². The minimum absolute atomic E-state index is 0.108. The van der Waals surface area contributed by atoms with Crippen molar-refractivity contribution in [3.63, 3.8) is 0 Å². The van der Waals surface area contributed by atoms with E-state index in [0.717, 1.165) is 0 Å². The van der Waals surface area contributed by atoms with Crippen LogP contribution in [0.2, 0.25) is 0 Å². The fraction of sp³-hybridized carbons (Fsp3) is 0.750. The van der Waals surface area contributed by atoms with Crippen LogP contribution >= 0.6 is 0 Å². The number of carbonyl (C=O) groups is 2. The Morgan fingerprint density at radius 2 is 2.22 bits per heavy atom. The number of amides is 1. The zero-order chi connectivity index (χ0) is 13.5. The molecule has 6 nitrogen and oxygen atoms in total. The molecule has 1 aliphatic rings. The minimum atomic E-state index is -0.213. The van der Waals surface area contributed by atoms with Crippen molar-refractivity contribution in [1.29, 1.82) is 5.26 Å². The normalized spacial score (nSPS) is 23.4. The van der Waals surface area contributed by atoms with E-state index in [1.54, 1.807) is 0 Å². The molecular formula is C12H19N3O3. The summed E-state index contributed by atoms with van der Waals surface area (Å²) in [6.45, 7) is 3.89. The van der Waals surface area contributed by atoms with Gasteiger partial charge in [0.05, 0.1) is 32.1 Å². The Labute approximate surface area is 107 Å². The maximum Gasteiger partial charge on any atom is 0.310 e. The summed E-state index contributed by atoms with van der Waals surface area (Å²) in [4.78, 5) is 25.0. The largest absolute Gasteiger partial charge is 0.469 e. The molecule has 1 N–H and O–H groups in total. The van der Waals surface area contributed by atoms with Gasteiger partial charge in [0.2, 0.25) is 5.91 Å². The molecule has 0 aliphatic carbocycles. The van der Waals surface area contributed by atoms with E-state index in [0.29, 0.717) is 26.1 Å². The van der Waals surface area contributed by atoms with Gasteiger partial charge in [-0.05, 0) is 5.92 Å². The Morgan fingerprint density at radius 1 is 1.50 bits per heavy atom. The summed E-state index contributed by atoms with van der Waals surface area (Å²) in [5.74, 6) is -0.274. The number of ether oxygens (including phenoxy) is 1. The number of nitrogens with zero attached hydrogens (tertiary/aromatic N) is 2. The first-order chi connectivity index (χ1) is 8.58. The van der Waals surface area contributed by atoms with Crippen LogP contribution < -0.4 is 5.32 Å². The summed E-state index contributed by atoms with van der Waals surface area (Å²) in [6, 6.07) is 1.96. The zero-order valence-electron chi connectivity index (χ0n) is 10.8. The lowest BCUT2D eigenvalue weighted by Crippen LogP contribution is -2.37. The maximum absolute atomic E-state index is 11.5. The van der Waals surface area contributed by atoms with Gasteiger partial charge in [-0.25, -0.2) is 0 Å². The predicted octanol–water partition coefficient (Wildman–Crippen LogP) is -0.243. The van der Waals surface area contributed by atoms with Gasteiger partial charge in [0.25, 0.3) is 0 Å². The first-order valence-corrected chi connectivity index (χ1v) is 6.02. The highest BCUT2D eigenvalue weighted by molar-refractivity contribution is 5.78. The summed E-state index contributed by atoms with van der Waals surface area (Å²) in [6.07, 6.45) is 0.312. The van der Waals surface area contributed by atoms with Crippen molar-refractivity contribution in [1.82, 2.24) is 10.2 Å². The molecule has 0 radical (unpaired) electrons. The van der Waals surface area contributed by atoms with Gasteiger partial charge in [-0.2, -0.15) is 5.26 Å². The first-order valence-electron chi connectivity index (χ1n) is 6.02. The smallest absolute Gasteiger partial charge is 0.310 e. The number of hydrogen-bond acceptors (Lipinski definition) is 5. The third-order valence-electron chi connectivity index (χ3n) is 3.12. The molecule has 0 aromatic rings. The summed E-state index contributed by atoms with van der Waals surface area (Å²) in [5.41, 5.74) is 0. The predicted molar refractivity (Wildman–Crippen MR) is 64.3 cm³/mol. The van der Waals surface area contributed by atoms with E-state index in [1.807, 2.05) is 17.9 Å². The number of nitrogens with one attached hydrogen (secondary N) is 1. The molecule has 18 heavy (non-hydrogen) atoms. The molecule has 0 aromatic carbocycles. The number of nitriles is 1. The molecule has 1 fully saturated rings. The average Bonchev–Trinajstić information content (AvgIpc) is 2.69. The molecule has 2 unspecified atom stereocenters. The molecule has 1 amide bonds. The van der Waals surface area contributed by atoms with Gasteiger partial charge in [0.1, 0.15) is 0 Å². The number of methoxy groups -OCH3 is 1. The number of rotatable bonds is 5. The van der Waals surface area contributed by atoms with Crippen molar-refractivity contribution in [3.05, 3.63) is 0 Å². The van der Waals surface area contributed by atoms with Crippen molar-refractivity contribution in [2.24, 2.45) is 11.8 Å². The fourth-order valence-corrected chi connectivity index (χ4v) is 2.17. The van der Waals surface area contributed by atoms with Gasteiger partial charge in [-0.3, -0.25) is 14.5 Å². The molecule has 1 aliphatic heterocycles. The van der Waals surface area contributed by atoms with Gasteiger partial charge in [0, 0.05) is 19.6 Å². The van der Waals surface area contributed by atoms with E-state index < -0.39 is 0 Å². The van der Waals surface area contributed by atoms with Gasteiger partial charge >= 0.3 is 5.97 Å². The molecule has 1 rings (SSSR count). The van der Waals surface area contributed by atoms with E-state index in [4.69, 9.17) is 10.00 Å². The van der Waals surface area contributed by atoms with Crippen molar-refractivity contribution >= 4 is 11.9 Å². The summed E-state index contributed by atoms with van der Waals surface area (Å²) >= 11 is 0. The van der Waals surface area contributed by atoms with Crippen molar-refractivity contribution in [2.45, 2.75) is 13.3 Å². The molecule has 0 saturated carbocycles. The summed E-state index contributed by atoms with van der Waals surface area (Å²) < 4.78 is 4.74. The number of hydrogen-bond donors (Lipinski definition) is 1. The molecule has 100 valence electrons. The first kappa shape index (κ1) is 14.5. The lowest BCUT2D eigenvalue weighted by Gasteiger charge is -2.14. The van der Waals surface area contributed by atoms with Gasteiger partial charge < -0.3 is 10.1 Å². The molecule has 0 bridgehead atoms. The zero-order valence-corrected chi connectivity index (χ0v) is 10.8. The highest BCUT2D eigenvalue weighted by Gasteiger charge is 2.35. The van der Waals surface area contributed by atoms with Crippen LogP contribution in [0, 0.1) is 23.2 Å². The topological polar surface area (TPSA) is 82.4 Å². The summed E-state index contributed by atoms with van der Waals surface area (Å²) in [5, 5.41) is 11.0. The van der Waals surface area contributed by atoms with E-state index in [2.05, 4.69) is 5.32 Å². The number of esters is 1. The van der Waals surface area contributed by atoms with Crippen LogP contribution in [0.25, 0.3) is 0 Å². The monoisotopic (exact) mass is 253 g/mol. The molecule has 0 aromatic heterocycles. The molecule has 6 heteroatoms. The number of likely N-dealkylation sites (tertiary alicyclic amines) is 1. The van der Waals surface area contributed by atoms with Crippen molar-refractivity contribution in [2.75, 3.05) is 33.3 Å². The Balaban J connectivity index is 2.35. The Morgan fingerprint density at radius 3 is 2.83 bits per heavy atom. The molecule has 1 heterocycles. The fourth-order valence-electron chi connectivity index (χ4n) is 2.17. The second kappa shape index (κ2) is 6.97. The molecular weight excluding hydrogens is 234 g/mol. The Bertz CT molecular complexity index is 351. The van der Waals surface area contributed by atoms with E-state index in [9.17, 15) is 9.59 Å². The van der Waals surface area contributed by atoms with Crippen LogP contribution in [0.15, 0.2) is 0 Å². The van der Waals surface area contributed by atoms with Crippen LogP contribution in [0.1, 0.15) is 13.3 Å². The lowest BCUT2D eigenvalue weighted by molar-refractivity contribution is -0.146. The second-order valence-corrected chi connectivity index (χ2v) is 4.56. The third-order valence-corrected chi connectivity index (χ3v) is 3.12. The van der Waals surface area contributed by atoms with Gasteiger partial charge in [0.15, 0.2) is 0 Å². The third kappa shape index (κ3) is 4.00. The quantitative estimate of drug-likeness (QED) is 0.540. The highest BCUT2D eigenvalue weighted by Crippen LogP contribution is 2.23. The standard InChI is InChI=1S/C12H19N3O3/c1-9-6-15(7-10(9)12(17)18-2)8-11(16)14-5-3-4-13/h9-10H,3,5-8H2,1-2H3,(H,14,16). The molecule has 2 atom stereocenters. The van der Waals surface area contributed by atoms with E-state index >= 15 is 0 Å². The van der Waals surface area contributed by atoms with Crippen LogP contribution in [-0.4, -0.2) is 50.1 Å². The van der Waals surface area contributed by atoms with Crippen LogP contribution in [0.5, 0.6) is 0 Å². The minimum Gasteiger partial charge on any atom is -0.469 e.